The number of aliphatic hydroxyl groups is 1. The third-order valence-corrected chi connectivity index (χ3v) is 6.31. The van der Waals surface area contributed by atoms with Crippen molar-refractivity contribution in [3.8, 4) is 0 Å². The average molecular weight is 528 g/mol. The zero-order chi connectivity index (χ0) is 28.2. The Kier molecular flexibility index (Phi) is 12.4. The predicted molar refractivity (Wildman–Crippen MR) is 148 cm³/mol. The first-order valence-electron chi connectivity index (χ1n) is 13.5. The molecule has 0 aromatic heterocycles. The van der Waals surface area contributed by atoms with E-state index in [1.165, 1.54) is 24.3 Å². The first kappa shape index (κ1) is 31.0. The molecule has 3 atom stereocenters. The van der Waals surface area contributed by atoms with Gasteiger partial charge in [-0.1, -0.05) is 40.7 Å². The second-order valence-corrected chi connectivity index (χ2v) is 10.3. The molecule has 2 aromatic carbocycles. The number of aliphatic hydroxyl groups excluding tert-OH is 1. The van der Waals surface area contributed by atoms with Crippen LogP contribution < -0.4 is 10.6 Å². The first-order valence-corrected chi connectivity index (χ1v) is 13.5. The summed E-state index contributed by atoms with van der Waals surface area (Å²) in [6.07, 6.45) is 1.37. The van der Waals surface area contributed by atoms with Gasteiger partial charge in [-0.15, -0.1) is 0 Å². The van der Waals surface area contributed by atoms with Gasteiger partial charge in [0, 0.05) is 35.8 Å². The van der Waals surface area contributed by atoms with E-state index in [4.69, 9.17) is 0 Å². The standard InChI is InChI=1S/C30H42FN3O4/c1-6-15-34(16-7-2)30(38)23-10-8-9-22(19-23)29(37)33-26(17-20(3)4)27(35)18-21(5)28(36)32-25-13-11-24(31)12-14-25/h8-14,19-21,26-27,35H,6-7,15-18H2,1-5H3,(H,32,36)(H,33,37)/t21-,26+,27+/m1/s1. The monoisotopic (exact) mass is 527 g/mol. The third-order valence-electron chi connectivity index (χ3n) is 6.31. The van der Waals surface area contributed by atoms with Crippen LogP contribution in [0.4, 0.5) is 10.1 Å². The molecule has 0 bridgehead atoms. The predicted octanol–water partition coefficient (Wildman–Crippen LogP) is 5.26. The SMILES string of the molecule is CCCN(CCC)C(=O)c1cccc(C(=O)N[C@@H](CC(C)C)[C@@H](O)C[C@@H](C)C(=O)Nc2ccc(F)cc2)c1. The van der Waals surface area contributed by atoms with Gasteiger partial charge >= 0.3 is 0 Å². The molecule has 0 aliphatic rings. The fourth-order valence-corrected chi connectivity index (χ4v) is 4.33. The zero-order valence-corrected chi connectivity index (χ0v) is 23.2. The van der Waals surface area contributed by atoms with E-state index < -0.39 is 23.9 Å². The molecule has 3 N–H and O–H groups in total. The Hall–Kier alpha value is -3.26. The molecule has 2 aromatic rings. The van der Waals surface area contributed by atoms with Gasteiger partial charge in [-0.2, -0.15) is 0 Å². The molecule has 208 valence electrons. The maximum absolute atomic E-state index is 13.2. The van der Waals surface area contributed by atoms with Crippen molar-refractivity contribution in [2.24, 2.45) is 11.8 Å². The lowest BCUT2D eigenvalue weighted by Gasteiger charge is -2.27. The van der Waals surface area contributed by atoms with E-state index >= 15 is 0 Å². The normalized spacial score (nSPS) is 13.5. The van der Waals surface area contributed by atoms with Gasteiger partial charge in [0.1, 0.15) is 5.82 Å². The third kappa shape index (κ3) is 9.56. The van der Waals surface area contributed by atoms with Crippen LogP contribution >= 0.6 is 0 Å². The molecule has 0 unspecified atom stereocenters. The van der Waals surface area contributed by atoms with Gasteiger partial charge in [0.15, 0.2) is 0 Å². The maximum atomic E-state index is 13.2. The number of benzene rings is 2. The number of halogens is 1. The van der Waals surface area contributed by atoms with E-state index in [0.29, 0.717) is 36.3 Å². The number of amides is 3. The lowest BCUT2D eigenvalue weighted by atomic mass is 9.92. The van der Waals surface area contributed by atoms with Crippen LogP contribution in [0.1, 0.15) is 81.0 Å². The minimum atomic E-state index is -0.968. The summed E-state index contributed by atoms with van der Waals surface area (Å²) >= 11 is 0. The summed E-state index contributed by atoms with van der Waals surface area (Å²) in [5.74, 6) is -1.56. The minimum absolute atomic E-state index is 0.108. The average Bonchev–Trinajstić information content (AvgIpc) is 2.88. The summed E-state index contributed by atoms with van der Waals surface area (Å²) in [6.45, 7) is 11.0. The molecule has 0 saturated carbocycles. The molecule has 7 nitrogen and oxygen atoms in total. The van der Waals surface area contributed by atoms with Crippen molar-refractivity contribution in [2.45, 2.75) is 72.4 Å². The highest BCUT2D eigenvalue weighted by atomic mass is 19.1. The second-order valence-electron chi connectivity index (χ2n) is 10.3. The maximum Gasteiger partial charge on any atom is 0.253 e. The van der Waals surface area contributed by atoms with E-state index in [9.17, 15) is 23.9 Å². The van der Waals surface area contributed by atoms with Gasteiger partial charge in [0.05, 0.1) is 12.1 Å². The highest BCUT2D eigenvalue weighted by molar-refractivity contribution is 5.99. The first-order chi connectivity index (χ1) is 18.0. The number of anilines is 1. The van der Waals surface area contributed by atoms with E-state index in [1.54, 1.807) is 36.1 Å². The lowest BCUT2D eigenvalue weighted by Crippen LogP contribution is -2.45. The van der Waals surface area contributed by atoms with Crippen LogP contribution in [0.5, 0.6) is 0 Å². The van der Waals surface area contributed by atoms with Gasteiger partial charge in [0.2, 0.25) is 5.91 Å². The summed E-state index contributed by atoms with van der Waals surface area (Å²) in [6, 6.07) is 11.5. The Morgan fingerprint density at radius 2 is 1.53 bits per heavy atom. The Bertz CT molecular complexity index is 1050. The minimum Gasteiger partial charge on any atom is -0.391 e. The van der Waals surface area contributed by atoms with E-state index in [-0.39, 0.29) is 30.1 Å². The smallest absolute Gasteiger partial charge is 0.253 e. The quantitative estimate of drug-likeness (QED) is 0.312. The van der Waals surface area contributed by atoms with E-state index in [0.717, 1.165) is 12.8 Å². The van der Waals surface area contributed by atoms with Gasteiger partial charge < -0.3 is 20.6 Å². The van der Waals surface area contributed by atoms with Crippen molar-refractivity contribution >= 4 is 23.4 Å². The van der Waals surface area contributed by atoms with Crippen molar-refractivity contribution < 1.29 is 23.9 Å². The molecule has 38 heavy (non-hydrogen) atoms. The molecule has 8 heteroatoms. The summed E-state index contributed by atoms with van der Waals surface area (Å²) in [5, 5.41) is 16.7. The van der Waals surface area contributed by atoms with Gasteiger partial charge in [-0.05, 0) is 74.1 Å². The summed E-state index contributed by atoms with van der Waals surface area (Å²) in [4.78, 5) is 40.6. The van der Waals surface area contributed by atoms with Crippen LogP contribution in [0.25, 0.3) is 0 Å². The van der Waals surface area contributed by atoms with Crippen molar-refractivity contribution in [3.63, 3.8) is 0 Å². The van der Waals surface area contributed by atoms with Crippen LogP contribution in [0.15, 0.2) is 48.5 Å². The summed E-state index contributed by atoms with van der Waals surface area (Å²) < 4.78 is 13.1. The molecule has 0 aliphatic heterocycles. The van der Waals surface area contributed by atoms with Crippen molar-refractivity contribution in [1.82, 2.24) is 10.2 Å². The Labute approximate surface area is 225 Å². The number of carbonyl (C=O) groups is 3. The van der Waals surface area contributed by atoms with Crippen LogP contribution in [0.3, 0.4) is 0 Å². The number of hydrogen-bond donors (Lipinski definition) is 3. The van der Waals surface area contributed by atoms with Crippen LogP contribution in [0, 0.1) is 17.7 Å². The fourth-order valence-electron chi connectivity index (χ4n) is 4.33. The largest absolute Gasteiger partial charge is 0.391 e. The van der Waals surface area contributed by atoms with Gasteiger partial charge in [-0.3, -0.25) is 14.4 Å². The number of hydrogen-bond acceptors (Lipinski definition) is 4. The Balaban J connectivity index is 2.09. The van der Waals surface area contributed by atoms with Gasteiger partial charge in [0.25, 0.3) is 11.8 Å². The van der Waals surface area contributed by atoms with Crippen LogP contribution in [0.2, 0.25) is 0 Å². The van der Waals surface area contributed by atoms with Crippen molar-refractivity contribution in [2.75, 3.05) is 18.4 Å². The number of carbonyl (C=O) groups excluding carboxylic acids is 3. The highest BCUT2D eigenvalue weighted by Gasteiger charge is 2.27. The van der Waals surface area contributed by atoms with E-state index in [2.05, 4.69) is 10.6 Å². The molecule has 0 radical (unpaired) electrons. The van der Waals surface area contributed by atoms with Crippen LogP contribution in [-0.4, -0.2) is 53.0 Å². The van der Waals surface area contributed by atoms with Gasteiger partial charge in [-0.25, -0.2) is 4.39 Å². The highest BCUT2D eigenvalue weighted by Crippen LogP contribution is 2.19. The molecule has 0 fully saturated rings. The van der Waals surface area contributed by atoms with E-state index in [1.807, 2.05) is 27.7 Å². The zero-order valence-electron chi connectivity index (χ0n) is 23.2. The molecule has 3 amide bonds. The molecule has 0 aliphatic carbocycles. The molecule has 2 rings (SSSR count). The molecular formula is C30H42FN3O4. The molecule has 0 saturated heterocycles. The molecule has 0 spiro atoms. The second kappa shape index (κ2) is 15.2. The number of rotatable bonds is 14. The fraction of sp³-hybridized carbons (Fsp3) is 0.500. The van der Waals surface area contributed by atoms with Crippen molar-refractivity contribution in [3.05, 3.63) is 65.5 Å². The topological polar surface area (TPSA) is 98.7 Å². The lowest BCUT2D eigenvalue weighted by molar-refractivity contribution is -0.120. The van der Waals surface area contributed by atoms with Crippen molar-refractivity contribution in [1.29, 1.82) is 0 Å². The Morgan fingerprint density at radius 1 is 0.921 bits per heavy atom. The Morgan fingerprint density at radius 3 is 2.11 bits per heavy atom. The van der Waals surface area contributed by atoms with Crippen LogP contribution in [-0.2, 0) is 4.79 Å². The summed E-state index contributed by atoms with van der Waals surface area (Å²) in [7, 11) is 0. The molecule has 0 heterocycles. The molecular weight excluding hydrogens is 485 g/mol. The number of nitrogens with one attached hydrogen (secondary N) is 2. The number of nitrogens with zero attached hydrogens (tertiary/aromatic N) is 1. The summed E-state index contributed by atoms with van der Waals surface area (Å²) in [5.41, 5.74) is 1.26.